The SMILES string of the molecule is CC(C)(C)OC(=O)NCCCCCOC(=O)NC(=N)c1ccc(N)cc1. The number of nitrogens with one attached hydrogen (secondary N) is 3. The van der Waals surface area contributed by atoms with Gasteiger partial charge >= 0.3 is 12.2 Å². The Hall–Kier alpha value is -2.77. The van der Waals surface area contributed by atoms with Gasteiger partial charge in [0.15, 0.2) is 0 Å². The molecule has 26 heavy (non-hydrogen) atoms. The number of amidine groups is 1. The van der Waals surface area contributed by atoms with Crippen LogP contribution < -0.4 is 16.4 Å². The van der Waals surface area contributed by atoms with Crippen LogP contribution >= 0.6 is 0 Å². The molecule has 144 valence electrons. The molecule has 0 aliphatic heterocycles. The number of anilines is 1. The molecule has 0 atom stereocenters. The van der Waals surface area contributed by atoms with Gasteiger partial charge in [-0.1, -0.05) is 0 Å². The second kappa shape index (κ2) is 10.3. The van der Waals surface area contributed by atoms with Gasteiger partial charge in [-0.2, -0.15) is 0 Å². The fourth-order valence-corrected chi connectivity index (χ4v) is 1.93. The summed E-state index contributed by atoms with van der Waals surface area (Å²) >= 11 is 0. The smallest absolute Gasteiger partial charge is 0.412 e. The molecule has 5 N–H and O–H groups in total. The van der Waals surface area contributed by atoms with Gasteiger partial charge in [0.1, 0.15) is 11.4 Å². The number of hydrogen-bond acceptors (Lipinski definition) is 6. The first-order valence-electron chi connectivity index (χ1n) is 8.52. The maximum atomic E-state index is 11.6. The predicted octanol–water partition coefficient (Wildman–Crippen LogP) is 3.02. The molecule has 0 unspecified atom stereocenters. The molecule has 8 nitrogen and oxygen atoms in total. The maximum Gasteiger partial charge on any atom is 0.412 e. The first-order valence-corrected chi connectivity index (χ1v) is 8.52. The van der Waals surface area contributed by atoms with Crippen molar-refractivity contribution in [1.29, 1.82) is 5.41 Å². The van der Waals surface area contributed by atoms with E-state index in [1.807, 2.05) is 20.8 Å². The Balaban J connectivity index is 2.09. The van der Waals surface area contributed by atoms with E-state index in [9.17, 15) is 9.59 Å². The lowest BCUT2D eigenvalue weighted by atomic mass is 10.2. The number of unbranched alkanes of at least 4 members (excludes halogenated alkanes) is 2. The van der Waals surface area contributed by atoms with Gasteiger partial charge in [0, 0.05) is 17.8 Å². The third-order valence-corrected chi connectivity index (χ3v) is 3.15. The number of amides is 2. The topological polar surface area (TPSA) is 127 Å². The molecular formula is C18H28N4O4. The number of carbonyl (C=O) groups is 2. The normalized spacial score (nSPS) is 10.7. The molecule has 8 heteroatoms. The monoisotopic (exact) mass is 364 g/mol. The summed E-state index contributed by atoms with van der Waals surface area (Å²) in [5, 5.41) is 12.8. The average molecular weight is 364 g/mol. The van der Waals surface area contributed by atoms with Crippen molar-refractivity contribution in [3.8, 4) is 0 Å². The summed E-state index contributed by atoms with van der Waals surface area (Å²) in [6.07, 6.45) is 1.11. The minimum Gasteiger partial charge on any atom is -0.449 e. The van der Waals surface area contributed by atoms with Crippen molar-refractivity contribution in [1.82, 2.24) is 10.6 Å². The third-order valence-electron chi connectivity index (χ3n) is 3.15. The Bertz CT molecular complexity index is 609. The number of ether oxygens (including phenoxy) is 2. The molecule has 0 saturated heterocycles. The molecule has 0 radical (unpaired) electrons. The zero-order valence-electron chi connectivity index (χ0n) is 15.6. The van der Waals surface area contributed by atoms with Gasteiger partial charge < -0.3 is 20.5 Å². The number of benzene rings is 1. The quantitative estimate of drug-likeness (QED) is 0.256. The summed E-state index contributed by atoms with van der Waals surface area (Å²) in [6.45, 7) is 6.17. The van der Waals surface area contributed by atoms with Gasteiger partial charge in [-0.05, 0) is 64.3 Å². The van der Waals surface area contributed by atoms with Crippen LogP contribution in [0.1, 0.15) is 45.6 Å². The third kappa shape index (κ3) is 9.51. The van der Waals surface area contributed by atoms with Crippen molar-refractivity contribution in [2.45, 2.75) is 45.6 Å². The molecule has 0 fully saturated rings. The first kappa shape index (κ1) is 21.3. The largest absolute Gasteiger partial charge is 0.449 e. The van der Waals surface area contributed by atoms with Crippen LogP contribution in [0.4, 0.5) is 15.3 Å². The van der Waals surface area contributed by atoms with Crippen molar-refractivity contribution in [2.75, 3.05) is 18.9 Å². The lowest BCUT2D eigenvalue weighted by Gasteiger charge is -2.19. The summed E-state index contributed by atoms with van der Waals surface area (Å²) in [5.41, 5.74) is 6.20. The number of carbonyl (C=O) groups excluding carboxylic acids is 2. The average Bonchev–Trinajstić information content (AvgIpc) is 2.52. The molecule has 0 aliphatic carbocycles. The molecular weight excluding hydrogens is 336 g/mol. The highest BCUT2D eigenvalue weighted by molar-refractivity contribution is 6.04. The molecule has 1 aromatic rings. The van der Waals surface area contributed by atoms with E-state index in [4.69, 9.17) is 20.6 Å². The standard InChI is InChI=1S/C18H28N4O4/c1-18(2,3)26-16(23)21-11-5-4-6-12-25-17(24)22-15(20)13-7-9-14(19)10-8-13/h7-10H,4-6,11-12,19H2,1-3H3,(H,21,23)(H2,20,22,24). The molecule has 0 spiro atoms. The second-order valence-electron chi connectivity index (χ2n) is 6.75. The van der Waals surface area contributed by atoms with Crippen molar-refractivity contribution in [3.05, 3.63) is 29.8 Å². The van der Waals surface area contributed by atoms with Gasteiger partial charge in [-0.3, -0.25) is 10.7 Å². The van der Waals surface area contributed by atoms with Gasteiger partial charge in [-0.15, -0.1) is 0 Å². The van der Waals surface area contributed by atoms with E-state index in [1.54, 1.807) is 24.3 Å². The Labute approximate surface area is 153 Å². The fraction of sp³-hybridized carbons (Fsp3) is 0.500. The van der Waals surface area contributed by atoms with Crippen LogP contribution in [-0.2, 0) is 9.47 Å². The van der Waals surface area contributed by atoms with Crippen LogP contribution in [0, 0.1) is 5.41 Å². The number of alkyl carbamates (subject to hydrolysis) is 2. The van der Waals surface area contributed by atoms with Gasteiger partial charge in [0.05, 0.1) is 6.61 Å². The van der Waals surface area contributed by atoms with E-state index in [2.05, 4.69) is 10.6 Å². The van der Waals surface area contributed by atoms with E-state index in [1.165, 1.54) is 0 Å². The maximum absolute atomic E-state index is 11.6. The van der Waals surface area contributed by atoms with Crippen LogP contribution in [0.15, 0.2) is 24.3 Å². The molecule has 1 aromatic carbocycles. The highest BCUT2D eigenvalue weighted by atomic mass is 16.6. The zero-order valence-corrected chi connectivity index (χ0v) is 15.6. The zero-order chi connectivity index (χ0) is 19.6. The van der Waals surface area contributed by atoms with Gasteiger partial charge in [0.25, 0.3) is 0 Å². The summed E-state index contributed by atoms with van der Waals surface area (Å²) in [7, 11) is 0. The summed E-state index contributed by atoms with van der Waals surface area (Å²) in [4.78, 5) is 23.1. The molecule has 1 rings (SSSR count). The van der Waals surface area contributed by atoms with E-state index in [0.717, 1.165) is 12.8 Å². The lowest BCUT2D eigenvalue weighted by molar-refractivity contribution is 0.0527. The van der Waals surface area contributed by atoms with E-state index >= 15 is 0 Å². The second-order valence-corrected chi connectivity index (χ2v) is 6.75. The molecule has 0 saturated carbocycles. The Morgan fingerprint density at radius 3 is 2.35 bits per heavy atom. The van der Waals surface area contributed by atoms with Crippen molar-refractivity contribution >= 4 is 23.7 Å². The van der Waals surface area contributed by atoms with Gasteiger partial charge in [0.2, 0.25) is 0 Å². The fourth-order valence-electron chi connectivity index (χ4n) is 1.93. The number of nitrogens with two attached hydrogens (primary N) is 1. The van der Waals surface area contributed by atoms with Crippen LogP contribution in [0.3, 0.4) is 0 Å². The molecule has 0 aromatic heterocycles. The van der Waals surface area contributed by atoms with Crippen molar-refractivity contribution < 1.29 is 19.1 Å². The van der Waals surface area contributed by atoms with Gasteiger partial charge in [-0.25, -0.2) is 9.59 Å². The van der Waals surface area contributed by atoms with Crippen molar-refractivity contribution in [2.24, 2.45) is 0 Å². The Kier molecular flexibility index (Phi) is 8.41. The predicted molar refractivity (Wildman–Crippen MR) is 100 cm³/mol. The summed E-state index contributed by atoms with van der Waals surface area (Å²) in [5.74, 6) is -0.0449. The van der Waals surface area contributed by atoms with Crippen molar-refractivity contribution in [3.63, 3.8) is 0 Å². The van der Waals surface area contributed by atoms with Crippen LogP contribution in [0.5, 0.6) is 0 Å². The lowest BCUT2D eigenvalue weighted by Crippen LogP contribution is -2.33. The Morgan fingerprint density at radius 1 is 1.08 bits per heavy atom. The number of rotatable bonds is 7. The summed E-state index contributed by atoms with van der Waals surface area (Å²) < 4.78 is 10.1. The number of nitrogen functional groups attached to an aromatic ring is 1. The van der Waals surface area contributed by atoms with E-state index < -0.39 is 17.8 Å². The Morgan fingerprint density at radius 2 is 1.73 bits per heavy atom. The number of hydrogen-bond donors (Lipinski definition) is 4. The first-order chi connectivity index (χ1) is 12.2. The molecule has 0 heterocycles. The van der Waals surface area contributed by atoms with Crippen LogP contribution in [0.25, 0.3) is 0 Å². The molecule has 0 aliphatic rings. The molecule has 2 amide bonds. The van der Waals surface area contributed by atoms with Crippen LogP contribution in [0.2, 0.25) is 0 Å². The highest BCUT2D eigenvalue weighted by Gasteiger charge is 2.15. The minimum absolute atomic E-state index is 0.0449. The minimum atomic E-state index is -0.668. The molecule has 0 bridgehead atoms. The van der Waals surface area contributed by atoms with E-state index in [0.29, 0.717) is 24.2 Å². The highest BCUT2D eigenvalue weighted by Crippen LogP contribution is 2.07. The van der Waals surface area contributed by atoms with Crippen LogP contribution in [-0.4, -0.2) is 36.8 Å². The van der Waals surface area contributed by atoms with E-state index in [-0.39, 0.29) is 12.4 Å². The summed E-state index contributed by atoms with van der Waals surface area (Å²) in [6, 6.07) is 6.61.